The molecule has 7 heteroatoms. The van der Waals surface area contributed by atoms with E-state index in [1.54, 1.807) is 7.05 Å². The molecule has 1 amide bonds. The monoisotopic (exact) mass is 468 g/mol. The molecule has 1 aliphatic carbocycles. The first kappa shape index (κ1) is 24.4. The molecule has 0 aliphatic heterocycles. The van der Waals surface area contributed by atoms with Crippen LogP contribution in [0.3, 0.4) is 0 Å². The first-order chi connectivity index (χ1) is 11.6. The molecule has 0 aromatic heterocycles. The van der Waals surface area contributed by atoms with E-state index in [9.17, 15) is 4.79 Å². The minimum atomic E-state index is 0. The average molecular weight is 468 g/mol. The van der Waals surface area contributed by atoms with Crippen LogP contribution in [0.1, 0.15) is 58.8 Å². The highest BCUT2D eigenvalue weighted by Crippen LogP contribution is 2.17. The quantitative estimate of drug-likeness (QED) is 0.200. The number of hydrogen-bond donors (Lipinski definition) is 3. The Labute approximate surface area is 170 Å². The predicted octanol–water partition coefficient (Wildman–Crippen LogP) is 2.67. The molecule has 0 atom stereocenters. The minimum absolute atomic E-state index is 0. The molecule has 6 nitrogen and oxygen atoms in total. The molecule has 3 N–H and O–H groups in total. The molecule has 0 unspecified atom stereocenters. The molecule has 0 saturated heterocycles. The number of carbonyl (C=O) groups excluding carboxylic acids is 1. The SMILES string of the molecule is CN=C(NCCCOCC(C)C)NCCC(=O)NC1CCCCC1.I. The maximum Gasteiger partial charge on any atom is 0.221 e. The molecular weight excluding hydrogens is 431 g/mol. The zero-order chi connectivity index (χ0) is 17.6. The van der Waals surface area contributed by atoms with Crippen molar-refractivity contribution >= 4 is 35.8 Å². The third-order valence-corrected chi connectivity index (χ3v) is 4.05. The van der Waals surface area contributed by atoms with Crippen LogP contribution >= 0.6 is 24.0 Å². The van der Waals surface area contributed by atoms with Crippen LogP contribution in [0.5, 0.6) is 0 Å². The smallest absolute Gasteiger partial charge is 0.221 e. The van der Waals surface area contributed by atoms with Crippen LogP contribution < -0.4 is 16.0 Å². The number of nitrogens with one attached hydrogen (secondary N) is 3. The van der Waals surface area contributed by atoms with Crippen LogP contribution in [0.15, 0.2) is 4.99 Å². The van der Waals surface area contributed by atoms with Gasteiger partial charge in [0.05, 0.1) is 0 Å². The Bertz CT molecular complexity index is 372. The fourth-order valence-electron chi connectivity index (χ4n) is 2.76. The van der Waals surface area contributed by atoms with Gasteiger partial charge in [-0.2, -0.15) is 0 Å². The summed E-state index contributed by atoms with van der Waals surface area (Å²) >= 11 is 0. The lowest BCUT2D eigenvalue weighted by atomic mass is 9.95. The molecular formula is C18H37IN4O2. The normalized spacial score (nSPS) is 15.6. The van der Waals surface area contributed by atoms with Gasteiger partial charge in [-0.3, -0.25) is 9.79 Å². The summed E-state index contributed by atoms with van der Waals surface area (Å²) in [6.45, 7) is 7.27. The summed E-state index contributed by atoms with van der Waals surface area (Å²) in [6.07, 6.45) is 7.45. The van der Waals surface area contributed by atoms with Crippen molar-refractivity contribution in [2.24, 2.45) is 10.9 Å². The van der Waals surface area contributed by atoms with Crippen LogP contribution in [-0.2, 0) is 9.53 Å². The molecule has 0 heterocycles. The predicted molar refractivity (Wildman–Crippen MR) is 115 cm³/mol. The number of rotatable bonds is 10. The van der Waals surface area contributed by atoms with Gasteiger partial charge in [-0.25, -0.2) is 0 Å². The summed E-state index contributed by atoms with van der Waals surface area (Å²) in [5, 5.41) is 9.55. The summed E-state index contributed by atoms with van der Waals surface area (Å²) < 4.78 is 5.54. The Hall–Kier alpha value is -0.570. The van der Waals surface area contributed by atoms with E-state index in [2.05, 4.69) is 34.8 Å². The van der Waals surface area contributed by atoms with Crippen LogP contribution in [0.2, 0.25) is 0 Å². The maximum absolute atomic E-state index is 11.9. The number of carbonyl (C=O) groups is 1. The fourth-order valence-corrected chi connectivity index (χ4v) is 2.76. The Morgan fingerprint density at radius 3 is 2.48 bits per heavy atom. The standard InChI is InChI=1S/C18H36N4O2.HI/c1-15(2)14-24-13-7-11-20-18(19-3)21-12-10-17(23)22-16-8-5-4-6-9-16;/h15-16H,4-14H2,1-3H3,(H,22,23)(H2,19,20,21);1H. The Kier molecular flexibility index (Phi) is 15.3. The van der Waals surface area contributed by atoms with Crippen molar-refractivity contribution in [3.8, 4) is 0 Å². The van der Waals surface area contributed by atoms with Crippen molar-refractivity contribution in [1.82, 2.24) is 16.0 Å². The lowest BCUT2D eigenvalue weighted by molar-refractivity contribution is -0.121. The maximum atomic E-state index is 11.9. The van der Waals surface area contributed by atoms with Gasteiger partial charge in [0.15, 0.2) is 5.96 Å². The van der Waals surface area contributed by atoms with E-state index < -0.39 is 0 Å². The molecule has 1 saturated carbocycles. The lowest BCUT2D eigenvalue weighted by Gasteiger charge is -2.22. The first-order valence-electron chi connectivity index (χ1n) is 9.43. The molecule has 25 heavy (non-hydrogen) atoms. The van der Waals surface area contributed by atoms with Crippen molar-refractivity contribution in [2.75, 3.05) is 33.4 Å². The van der Waals surface area contributed by atoms with E-state index in [0.29, 0.717) is 24.9 Å². The zero-order valence-corrected chi connectivity index (χ0v) is 18.4. The molecule has 148 valence electrons. The highest BCUT2D eigenvalue weighted by Gasteiger charge is 2.15. The molecule has 0 aromatic rings. The summed E-state index contributed by atoms with van der Waals surface area (Å²) in [7, 11) is 1.74. The first-order valence-corrected chi connectivity index (χ1v) is 9.43. The molecule has 1 fully saturated rings. The van der Waals surface area contributed by atoms with Crippen LogP contribution in [0.4, 0.5) is 0 Å². The number of halogens is 1. The average Bonchev–Trinajstić information content (AvgIpc) is 2.57. The highest BCUT2D eigenvalue weighted by atomic mass is 127. The van der Waals surface area contributed by atoms with E-state index in [1.165, 1.54) is 19.3 Å². The number of hydrogen-bond acceptors (Lipinski definition) is 3. The summed E-state index contributed by atoms with van der Waals surface area (Å²) in [5.41, 5.74) is 0. The molecule has 0 radical (unpaired) electrons. The van der Waals surface area contributed by atoms with Gasteiger partial charge in [0.2, 0.25) is 5.91 Å². The molecule has 0 aromatic carbocycles. The number of ether oxygens (including phenoxy) is 1. The minimum Gasteiger partial charge on any atom is -0.381 e. The summed E-state index contributed by atoms with van der Waals surface area (Å²) in [4.78, 5) is 16.1. The zero-order valence-electron chi connectivity index (χ0n) is 16.1. The summed E-state index contributed by atoms with van der Waals surface area (Å²) in [6, 6.07) is 0.384. The van der Waals surface area contributed by atoms with Gasteiger partial charge in [0.1, 0.15) is 0 Å². The fraction of sp³-hybridized carbons (Fsp3) is 0.889. The Morgan fingerprint density at radius 2 is 1.84 bits per heavy atom. The van der Waals surface area contributed by atoms with E-state index in [0.717, 1.165) is 45.0 Å². The van der Waals surface area contributed by atoms with Gasteiger partial charge in [-0.05, 0) is 25.2 Å². The van der Waals surface area contributed by atoms with Crippen LogP contribution in [-0.4, -0.2) is 51.3 Å². The summed E-state index contributed by atoms with van der Waals surface area (Å²) in [5.74, 6) is 1.45. The van der Waals surface area contributed by atoms with E-state index in [-0.39, 0.29) is 29.9 Å². The Morgan fingerprint density at radius 1 is 1.16 bits per heavy atom. The largest absolute Gasteiger partial charge is 0.381 e. The molecule has 0 bridgehead atoms. The number of aliphatic imine (C=N–C) groups is 1. The van der Waals surface area contributed by atoms with E-state index in [1.807, 2.05) is 0 Å². The van der Waals surface area contributed by atoms with Crippen molar-refractivity contribution in [2.45, 2.75) is 64.8 Å². The van der Waals surface area contributed by atoms with Crippen molar-refractivity contribution < 1.29 is 9.53 Å². The Balaban J connectivity index is 0.00000576. The van der Waals surface area contributed by atoms with Gasteiger partial charge in [0, 0.05) is 45.8 Å². The van der Waals surface area contributed by atoms with Gasteiger partial charge in [0.25, 0.3) is 0 Å². The van der Waals surface area contributed by atoms with Gasteiger partial charge < -0.3 is 20.7 Å². The van der Waals surface area contributed by atoms with Crippen LogP contribution in [0.25, 0.3) is 0 Å². The van der Waals surface area contributed by atoms with Gasteiger partial charge in [-0.1, -0.05) is 33.1 Å². The molecule has 0 spiro atoms. The third-order valence-electron chi connectivity index (χ3n) is 4.05. The second-order valence-corrected chi connectivity index (χ2v) is 6.90. The van der Waals surface area contributed by atoms with Gasteiger partial charge >= 0.3 is 0 Å². The third kappa shape index (κ3) is 13.3. The van der Waals surface area contributed by atoms with E-state index in [4.69, 9.17) is 4.74 Å². The number of nitrogens with zero attached hydrogens (tertiary/aromatic N) is 1. The van der Waals surface area contributed by atoms with Crippen molar-refractivity contribution in [3.05, 3.63) is 0 Å². The molecule has 1 rings (SSSR count). The van der Waals surface area contributed by atoms with Crippen molar-refractivity contribution in [1.29, 1.82) is 0 Å². The molecule has 1 aliphatic rings. The second kappa shape index (κ2) is 15.7. The van der Waals surface area contributed by atoms with E-state index >= 15 is 0 Å². The topological polar surface area (TPSA) is 74.8 Å². The lowest BCUT2D eigenvalue weighted by Crippen LogP contribution is -2.41. The van der Waals surface area contributed by atoms with Gasteiger partial charge in [-0.15, -0.1) is 24.0 Å². The number of amides is 1. The highest BCUT2D eigenvalue weighted by molar-refractivity contribution is 14.0. The van der Waals surface area contributed by atoms with Crippen molar-refractivity contribution in [3.63, 3.8) is 0 Å². The van der Waals surface area contributed by atoms with Crippen LogP contribution in [0, 0.1) is 5.92 Å². The second-order valence-electron chi connectivity index (χ2n) is 6.90. The number of guanidine groups is 1.